The van der Waals surface area contributed by atoms with Crippen LogP contribution in [-0.4, -0.2) is 47.8 Å². The van der Waals surface area contributed by atoms with Crippen molar-refractivity contribution in [3.8, 4) is 0 Å². The SMILES string of the molecule is CC(C1CCCC1)N1CCC(OCC(=O)O)CC1. The van der Waals surface area contributed by atoms with Crippen LogP contribution in [0.4, 0.5) is 0 Å². The highest BCUT2D eigenvalue weighted by Gasteiger charge is 2.29. The number of hydrogen-bond donors (Lipinski definition) is 1. The third-order valence-corrected chi connectivity index (χ3v) is 4.58. The van der Waals surface area contributed by atoms with Gasteiger partial charge in [0.05, 0.1) is 6.10 Å². The molecule has 0 amide bonds. The number of carboxylic acid groups (broad SMARTS) is 1. The Bertz CT molecular complexity index is 268. The number of piperidine rings is 1. The largest absolute Gasteiger partial charge is 0.480 e. The van der Waals surface area contributed by atoms with Gasteiger partial charge in [0.1, 0.15) is 6.61 Å². The lowest BCUT2D eigenvalue weighted by atomic mass is 9.95. The number of carboxylic acids is 1. The van der Waals surface area contributed by atoms with Gasteiger partial charge in [0.2, 0.25) is 0 Å². The lowest BCUT2D eigenvalue weighted by Gasteiger charge is -2.38. The smallest absolute Gasteiger partial charge is 0.329 e. The molecule has 0 aromatic heterocycles. The highest BCUT2D eigenvalue weighted by molar-refractivity contribution is 5.68. The van der Waals surface area contributed by atoms with Gasteiger partial charge in [-0.15, -0.1) is 0 Å². The van der Waals surface area contributed by atoms with Crippen LogP contribution in [-0.2, 0) is 9.53 Å². The minimum absolute atomic E-state index is 0.146. The number of carbonyl (C=O) groups is 1. The zero-order valence-corrected chi connectivity index (χ0v) is 11.3. The average molecular weight is 255 g/mol. The molecule has 0 aromatic carbocycles. The van der Waals surface area contributed by atoms with E-state index >= 15 is 0 Å². The van der Waals surface area contributed by atoms with Crippen LogP contribution in [0.15, 0.2) is 0 Å². The van der Waals surface area contributed by atoms with Crippen molar-refractivity contribution >= 4 is 5.97 Å². The van der Waals surface area contributed by atoms with E-state index in [9.17, 15) is 4.79 Å². The summed E-state index contributed by atoms with van der Waals surface area (Å²) < 4.78 is 5.37. The maximum absolute atomic E-state index is 10.5. The molecule has 4 nitrogen and oxygen atoms in total. The first-order chi connectivity index (χ1) is 8.66. The second kappa shape index (κ2) is 6.53. The van der Waals surface area contributed by atoms with Gasteiger partial charge in [-0.2, -0.15) is 0 Å². The van der Waals surface area contributed by atoms with Crippen molar-refractivity contribution in [2.75, 3.05) is 19.7 Å². The highest BCUT2D eigenvalue weighted by Crippen LogP contribution is 2.31. The van der Waals surface area contributed by atoms with E-state index < -0.39 is 5.97 Å². The van der Waals surface area contributed by atoms with Crippen LogP contribution >= 0.6 is 0 Å². The first-order valence-electron chi connectivity index (χ1n) is 7.24. The molecule has 2 fully saturated rings. The molecule has 104 valence electrons. The molecule has 1 saturated heterocycles. The fraction of sp³-hybridized carbons (Fsp3) is 0.929. The maximum atomic E-state index is 10.5. The van der Waals surface area contributed by atoms with Crippen molar-refractivity contribution in [2.24, 2.45) is 5.92 Å². The third-order valence-electron chi connectivity index (χ3n) is 4.58. The van der Waals surface area contributed by atoms with Crippen molar-refractivity contribution in [3.63, 3.8) is 0 Å². The molecule has 1 aliphatic heterocycles. The predicted octanol–water partition coefficient (Wildman–Crippen LogP) is 2.13. The van der Waals surface area contributed by atoms with Gasteiger partial charge in [-0.1, -0.05) is 12.8 Å². The minimum Gasteiger partial charge on any atom is -0.480 e. The van der Waals surface area contributed by atoms with Crippen molar-refractivity contribution in [1.29, 1.82) is 0 Å². The van der Waals surface area contributed by atoms with Crippen molar-refractivity contribution < 1.29 is 14.6 Å². The van der Waals surface area contributed by atoms with Crippen molar-refractivity contribution in [1.82, 2.24) is 4.90 Å². The molecule has 4 heteroatoms. The molecule has 0 bridgehead atoms. The summed E-state index contributed by atoms with van der Waals surface area (Å²) in [5.41, 5.74) is 0. The minimum atomic E-state index is -0.864. The lowest BCUT2D eigenvalue weighted by molar-refractivity contribution is -0.145. The lowest BCUT2D eigenvalue weighted by Crippen LogP contribution is -2.45. The van der Waals surface area contributed by atoms with Crippen LogP contribution in [0.5, 0.6) is 0 Å². The van der Waals surface area contributed by atoms with E-state index in [0.29, 0.717) is 6.04 Å². The number of likely N-dealkylation sites (tertiary alicyclic amines) is 1. The van der Waals surface area contributed by atoms with Crippen LogP contribution < -0.4 is 0 Å². The number of hydrogen-bond acceptors (Lipinski definition) is 3. The summed E-state index contributed by atoms with van der Waals surface area (Å²) in [5, 5.41) is 8.59. The monoisotopic (exact) mass is 255 g/mol. The van der Waals surface area contributed by atoms with Crippen LogP contribution in [0.1, 0.15) is 45.4 Å². The zero-order chi connectivity index (χ0) is 13.0. The van der Waals surface area contributed by atoms with E-state index in [0.717, 1.165) is 31.8 Å². The van der Waals surface area contributed by atoms with Gasteiger partial charge in [-0.3, -0.25) is 0 Å². The van der Waals surface area contributed by atoms with Gasteiger partial charge in [0, 0.05) is 19.1 Å². The van der Waals surface area contributed by atoms with Crippen LogP contribution in [0.25, 0.3) is 0 Å². The summed E-state index contributed by atoms with van der Waals surface area (Å²) in [6.07, 6.45) is 7.66. The molecule has 1 heterocycles. The first kappa shape index (κ1) is 13.8. The Balaban J connectivity index is 1.70. The molecular weight excluding hydrogens is 230 g/mol. The van der Waals surface area contributed by atoms with E-state index in [1.54, 1.807) is 0 Å². The van der Waals surface area contributed by atoms with E-state index in [-0.39, 0.29) is 12.7 Å². The summed E-state index contributed by atoms with van der Waals surface area (Å²) in [4.78, 5) is 13.0. The molecular formula is C14H25NO3. The molecule has 1 unspecified atom stereocenters. The molecule has 1 aliphatic carbocycles. The normalized spacial score (nSPS) is 25.4. The van der Waals surface area contributed by atoms with Crippen molar-refractivity contribution in [2.45, 2.75) is 57.6 Å². The van der Waals surface area contributed by atoms with Crippen LogP contribution in [0.2, 0.25) is 0 Å². The summed E-state index contributed by atoms with van der Waals surface area (Å²) in [7, 11) is 0. The number of rotatable bonds is 5. The molecule has 2 rings (SSSR count). The Kier molecular flexibility index (Phi) is 5.01. The third kappa shape index (κ3) is 3.69. The number of aliphatic carboxylic acids is 1. The molecule has 0 radical (unpaired) electrons. The molecule has 18 heavy (non-hydrogen) atoms. The van der Waals surface area contributed by atoms with E-state index in [1.165, 1.54) is 25.7 Å². The van der Waals surface area contributed by atoms with Crippen LogP contribution in [0.3, 0.4) is 0 Å². The molecule has 1 saturated carbocycles. The second-order valence-corrected chi connectivity index (χ2v) is 5.73. The summed E-state index contributed by atoms with van der Waals surface area (Å²) in [6.45, 7) is 4.32. The fourth-order valence-corrected chi connectivity index (χ4v) is 3.38. The summed E-state index contributed by atoms with van der Waals surface area (Å²) in [5.74, 6) is 0.0123. The molecule has 2 aliphatic rings. The Morgan fingerprint density at radius 3 is 2.44 bits per heavy atom. The second-order valence-electron chi connectivity index (χ2n) is 5.73. The number of ether oxygens (including phenoxy) is 1. The summed E-state index contributed by atoms with van der Waals surface area (Å²) >= 11 is 0. The molecule has 0 aromatic rings. The topological polar surface area (TPSA) is 49.8 Å². The Morgan fingerprint density at radius 1 is 1.28 bits per heavy atom. The van der Waals surface area contributed by atoms with Gasteiger partial charge in [0.15, 0.2) is 0 Å². The summed E-state index contributed by atoms with van der Waals surface area (Å²) in [6, 6.07) is 0.688. The van der Waals surface area contributed by atoms with Gasteiger partial charge in [0.25, 0.3) is 0 Å². The van der Waals surface area contributed by atoms with Gasteiger partial charge >= 0.3 is 5.97 Å². The van der Waals surface area contributed by atoms with E-state index in [1.807, 2.05) is 0 Å². The van der Waals surface area contributed by atoms with E-state index in [4.69, 9.17) is 9.84 Å². The standard InChI is InChI=1S/C14H25NO3/c1-11(12-4-2-3-5-12)15-8-6-13(7-9-15)18-10-14(16)17/h11-13H,2-10H2,1H3,(H,16,17). The van der Waals surface area contributed by atoms with Crippen LogP contribution in [0, 0.1) is 5.92 Å². The highest BCUT2D eigenvalue weighted by atomic mass is 16.5. The maximum Gasteiger partial charge on any atom is 0.329 e. The fourth-order valence-electron chi connectivity index (χ4n) is 3.38. The molecule has 1 atom stereocenters. The van der Waals surface area contributed by atoms with Crippen molar-refractivity contribution in [3.05, 3.63) is 0 Å². The predicted molar refractivity (Wildman–Crippen MR) is 69.6 cm³/mol. The number of nitrogens with zero attached hydrogens (tertiary/aromatic N) is 1. The Labute approximate surface area is 109 Å². The quantitative estimate of drug-likeness (QED) is 0.817. The average Bonchev–Trinajstić information content (AvgIpc) is 2.90. The van der Waals surface area contributed by atoms with E-state index in [2.05, 4.69) is 11.8 Å². The Morgan fingerprint density at radius 2 is 1.89 bits per heavy atom. The molecule has 0 spiro atoms. The zero-order valence-electron chi connectivity index (χ0n) is 11.3. The van der Waals surface area contributed by atoms with Gasteiger partial charge < -0.3 is 14.7 Å². The Hall–Kier alpha value is -0.610. The first-order valence-corrected chi connectivity index (χ1v) is 7.24. The molecule has 1 N–H and O–H groups in total. The van der Waals surface area contributed by atoms with Gasteiger partial charge in [-0.25, -0.2) is 4.79 Å². The van der Waals surface area contributed by atoms with Gasteiger partial charge in [-0.05, 0) is 38.5 Å².